The molecule has 27 heavy (non-hydrogen) atoms. The van der Waals surface area contributed by atoms with Crippen LogP contribution in [0, 0.1) is 11.8 Å². The minimum Gasteiger partial charge on any atom is -0.508 e. The Morgan fingerprint density at radius 1 is 1.19 bits per heavy atom. The monoisotopic (exact) mass is 386 g/mol. The van der Waals surface area contributed by atoms with Gasteiger partial charge in [-0.05, 0) is 79.9 Å². The van der Waals surface area contributed by atoms with E-state index in [0.717, 1.165) is 28.3 Å². The van der Waals surface area contributed by atoms with Crippen LogP contribution < -0.4 is 0 Å². The van der Waals surface area contributed by atoms with E-state index < -0.39 is 0 Å². The zero-order valence-corrected chi connectivity index (χ0v) is 17.1. The van der Waals surface area contributed by atoms with Crippen LogP contribution in [-0.4, -0.2) is 39.2 Å². The summed E-state index contributed by atoms with van der Waals surface area (Å²) >= 11 is 3.53. The summed E-state index contributed by atoms with van der Waals surface area (Å²) in [4.78, 5) is 18.6. The van der Waals surface area contributed by atoms with E-state index in [1.807, 2.05) is 12.3 Å². The number of hydrogen-bond donors (Lipinski definition) is 3. The molecule has 2 saturated carbocycles. The molecule has 1 unspecified atom stereocenters. The molecule has 2 aromatic rings. The number of rotatable bonds is 3. The molecule has 4 fully saturated rings. The first-order chi connectivity index (χ1) is 13.1. The van der Waals surface area contributed by atoms with Crippen LogP contribution >= 0.6 is 12.6 Å². The number of carbonyl (C=O) groups excluding carboxylic acids is 1. The maximum atomic E-state index is 13.1. The highest BCUT2D eigenvalue weighted by molar-refractivity contribution is 7.79. The molecule has 2 saturated heterocycles. The molecule has 4 aliphatic rings. The summed E-state index contributed by atoms with van der Waals surface area (Å²) < 4.78 is 0. The van der Waals surface area contributed by atoms with Gasteiger partial charge in [-0.25, -0.2) is 0 Å². The van der Waals surface area contributed by atoms with E-state index in [-0.39, 0.29) is 11.7 Å². The number of phenolic OH excluding ortho intramolecular Hbond substituents is 1. The molecule has 1 amide bonds. The fraction of sp³-hybridized carbons (Fsp3) is 0.591. The molecule has 0 spiro atoms. The average Bonchev–Trinajstić information content (AvgIpc) is 3.05. The number of nitrogens with zero attached hydrogens (tertiary/aromatic N) is 1. The van der Waals surface area contributed by atoms with Gasteiger partial charge in [0.15, 0.2) is 0 Å². The van der Waals surface area contributed by atoms with Crippen LogP contribution in [0.15, 0.2) is 24.4 Å². The predicted octanol–water partition coefficient (Wildman–Crippen LogP) is 4.70. The zero-order chi connectivity index (χ0) is 19.1. The van der Waals surface area contributed by atoms with Gasteiger partial charge in [-0.15, -0.1) is 0 Å². The van der Waals surface area contributed by atoms with Gasteiger partial charge in [-0.2, -0.15) is 12.6 Å². The van der Waals surface area contributed by atoms with Crippen molar-refractivity contribution in [2.75, 3.05) is 6.26 Å². The van der Waals surface area contributed by atoms with Gasteiger partial charge in [0.05, 0.1) is 0 Å². The highest BCUT2D eigenvalue weighted by Gasteiger charge is 2.48. The smallest absolute Gasteiger partial charge is 0.223 e. The van der Waals surface area contributed by atoms with Crippen molar-refractivity contribution in [3.8, 4) is 5.75 Å². The van der Waals surface area contributed by atoms with Crippen molar-refractivity contribution in [1.29, 1.82) is 0 Å². The van der Waals surface area contributed by atoms with E-state index >= 15 is 0 Å². The first-order valence-corrected chi connectivity index (χ1v) is 11.0. The number of H-pyrrole nitrogens is 1. The highest BCUT2D eigenvalue weighted by atomic mass is 32.1. The van der Waals surface area contributed by atoms with Crippen LogP contribution in [0.1, 0.15) is 56.9 Å². The van der Waals surface area contributed by atoms with Gasteiger partial charge < -0.3 is 15.0 Å². The Balaban J connectivity index is 0.000000872. The fourth-order valence-electron chi connectivity index (χ4n) is 5.96. The summed E-state index contributed by atoms with van der Waals surface area (Å²) in [6.45, 7) is 2.13. The number of hydrogen-bond acceptors (Lipinski definition) is 3. The summed E-state index contributed by atoms with van der Waals surface area (Å²) in [7, 11) is 0. The molecule has 4 bridgehead atoms. The van der Waals surface area contributed by atoms with E-state index in [9.17, 15) is 9.90 Å². The van der Waals surface area contributed by atoms with Crippen LogP contribution in [-0.2, 0) is 4.79 Å². The van der Waals surface area contributed by atoms with Gasteiger partial charge in [0, 0.05) is 35.6 Å². The number of aromatic hydroxyl groups is 1. The lowest BCUT2D eigenvalue weighted by molar-refractivity contribution is -0.149. The number of piperidine rings is 2. The molecule has 1 aromatic carbocycles. The normalized spacial score (nSPS) is 29.5. The summed E-state index contributed by atoms with van der Waals surface area (Å²) in [5.74, 6) is 2.51. The largest absolute Gasteiger partial charge is 0.508 e. The summed E-state index contributed by atoms with van der Waals surface area (Å²) in [5, 5.41) is 10.8. The van der Waals surface area contributed by atoms with Crippen molar-refractivity contribution in [1.82, 2.24) is 9.88 Å². The van der Waals surface area contributed by atoms with Crippen molar-refractivity contribution in [3.63, 3.8) is 0 Å². The third kappa shape index (κ3) is 3.35. The number of aromatic amines is 1. The minimum absolute atomic E-state index is 0.153. The van der Waals surface area contributed by atoms with Gasteiger partial charge >= 0.3 is 0 Å². The number of benzene rings is 1. The van der Waals surface area contributed by atoms with E-state index in [0.29, 0.717) is 24.4 Å². The molecule has 0 radical (unpaired) electrons. The summed E-state index contributed by atoms with van der Waals surface area (Å²) in [5.41, 5.74) is 2.14. The molecular weight excluding hydrogens is 356 g/mol. The number of phenols is 1. The van der Waals surface area contributed by atoms with Crippen molar-refractivity contribution in [2.24, 2.45) is 11.8 Å². The van der Waals surface area contributed by atoms with Crippen LogP contribution in [0.2, 0.25) is 0 Å². The lowest BCUT2D eigenvalue weighted by atomic mass is 9.63. The maximum Gasteiger partial charge on any atom is 0.223 e. The SMILES string of the molecule is CC(CC(=O)N1C2CC3CC(C2)CC1C3)c1c[nH]c2ccc(O)cc12.CS. The Bertz CT molecular complexity index is 803. The number of carbonyl (C=O) groups is 1. The lowest BCUT2D eigenvalue weighted by Gasteiger charge is -2.56. The molecular formula is C22H30N2O2S. The number of thiol groups is 1. The quantitative estimate of drug-likeness (QED) is 0.670. The fourth-order valence-corrected chi connectivity index (χ4v) is 5.96. The molecule has 146 valence electrons. The van der Waals surface area contributed by atoms with Crippen molar-refractivity contribution in [2.45, 2.75) is 63.5 Å². The third-order valence-corrected chi connectivity index (χ3v) is 6.87. The van der Waals surface area contributed by atoms with Crippen LogP contribution in [0.4, 0.5) is 0 Å². The third-order valence-electron chi connectivity index (χ3n) is 6.87. The van der Waals surface area contributed by atoms with E-state index in [1.54, 1.807) is 18.4 Å². The zero-order valence-electron chi connectivity index (χ0n) is 16.2. The van der Waals surface area contributed by atoms with Crippen LogP contribution in [0.5, 0.6) is 5.75 Å². The Labute approximate surface area is 166 Å². The van der Waals surface area contributed by atoms with Crippen LogP contribution in [0.25, 0.3) is 10.9 Å². The lowest BCUT2D eigenvalue weighted by Crippen LogP contribution is -2.59. The number of amides is 1. The van der Waals surface area contributed by atoms with Crippen molar-refractivity contribution < 1.29 is 9.90 Å². The molecule has 1 aromatic heterocycles. The summed E-state index contributed by atoms with van der Waals surface area (Å²) in [6.07, 6.45) is 10.6. The predicted molar refractivity (Wildman–Crippen MR) is 112 cm³/mol. The maximum absolute atomic E-state index is 13.1. The highest BCUT2D eigenvalue weighted by Crippen LogP contribution is 2.49. The second-order valence-corrected chi connectivity index (χ2v) is 8.60. The van der Waals surface area contributed by atoms with E-state index in [4.69, 9.17) is 0 Å². The number of aromatic nitrogens is 1. The molecule has 4 nitrogen and oxygen atoms in total. The number of fused-ring (bicyclic) bond motifs is 1. The molecule has 2 aliphatic heterocycles. The first-order valence-electron chi connectivity index (χ1n) is 10.1. The van der Waals surface area contributed by atoms with Crippen molar-refractivity contribution >= 4 is 29.4 Å². The van der Waals surface area contributed by atoms with Gasteiger partial charge in [0.25, 0.3) is 0 Å². The van der Waals surface area contributed by atoms with Gasteiger partial charge in [-0.1, -0.05) is 6.92 Å². The van der Waals surface area contributed by atoms with Gasteiger partial charge in [0.1, 0.15) is 5.75 Å². The molecule has 3 heterocycles. The molecule has 2 N–H and O–H groups in total. The minimum atomic E-state index is 0.153. The van der Waals surface area contributed by atoms with Gasteiger partial charge in [0.2, 0.25) is 5.91 Å². The van der Waals surface area contributed by atoms with E-state index in [2.05, 4.69) is 29.4 Å². The average molecular weight is 387 g/mol. The second-order valence-electron chi connectivity index (χ2n) is 8.60. The standard InChI is InChI=1S/C21H26N2O2.CH4S/c1-12(19-11-22-20-3-2-17(24)10-18(19)20)4-21(25)23-15-6-13-5-14(8-15)9-16(23)7-13;1-2/h2-3,10-16,22,24H,4-9H2,1H3;2H,1H3. The topological polar surface area (TPSA) is 56.3 Å². The molecule has 5 heteroatoms. The Kier molecular flexibility index (Phi) is 5.15. The Morgan fingerprint density at radius 3 is 2.44 bits per heavy atom. The number of nitrogens with one attached hydrogen (secondary N) is 1. The van der Waals surface area contributed by atoms with E-state index in [1.165, 1.54) is 32.1 Å². The first kappa shape index (κ1) is 18.7. The van der Waals surface area contributed by atoms with Crippen molar-refractivity contribution in [3.05, 3.63) is 30.0 Å². The Morgan fingerprint density at radius 2 is 1.81 bits per heavy atom. The molecule has 1 atom stereocenters. The Hall–Kier alpha value is -1.62. The van der Waals surface area contributed by atoms with Crippen LogP contribution in [0.3, 0.4) is 0 Å². The second kappa shape index (κ2) is 7.42. The molecule has 6 rings (SSSR count). The molecule has 2 aliphatic carbocycles. The summed E-state index contributed by atoms with van der Waals surface area (Å²) in [6, 6.07) is 6.39. The van der Waals surface area contributed by atoms with Gasteiger partial charge in [-0.3, -0.25) is 4.79 Å².